The minimum absolute atomic E-state index is 0.244. The van der Waals surface area contributed by atoms with Crippen LogP contribution in [0, 0.1) is 11.8 Å². The van der Waals surface area contributed by atoms with Crippen LogP contribution >= 0.6 is 0 Å². The molecule has 2 N–H and O–H groups in total. The molecule has 26 heavy (non-hydrogen) atoms. The molecule has 1 saturated heterocycles. The minimum atomic E-state index is -3.51. The van der Waals surface area contributed by atoms with E-state index >= 15 is 0 Å². The van der Waals surface area contributed by atoms with Gasteiger partial charge in [0.15, 0.2) is 0 Å². The van der Waals surface area contributed by atoms with Gasteiger partial charge in [0.2, 0.25) is 16.0 Å². The van der Waals surface area contributed by atoms with Gasteiger partial charge in [0.25, 0.3) is 0 Å². The number of hydrogen-bond acceptors (Lipinski definition) is 7. The first-order chi connectivity index (χ1) is 12.6. The minimum Gasteiger partial charge on any atom is -0.338 e. The highest BCUT2D eigenvalue weighted by molar-refractivity contribution is 7.89. The van der Waals surface area contributed by atoms with E-state index in [9.17, 15) is 13.6 Å². The summed E-state index contributed by atoms with van der Waals surface area (Å²) in [7, 11) is -3.51. The van der Waals surface area contributed by atoms with Crippen molar-refractivity contribution in [1.29, 1.82) is 0 Å². The monoisotopic (exact) mass is 381 g/mol. The topological polar surface area (TPSA) is 98.7 Å². The van der Waals surface area contributed by atoms with Crippen LogP contribution in [0.15, 0.2) is 18.5 Å². The number of nitrogens with zero attached hydrogens (tertiary/aromatic N) is 4. The summed E-state index contributed by atoms with van der Waals surface area (Å²) in [6.07, 6.45) is 7.24. The first-order valence-corrected chi connectivity index (χ1v) is 10.6. The summed E-state index contributed by atoms with van der Waals surface area (Å²) in [5, 5.41) is 9.22. The smallest absolute Gasteiger partial charge is 0.225 e. The predicted octanol–water partition coefficient (Wildman–Crippen LogP) is 0.860. The number of hydroxylamine groups is 1. The van der Waals surface area contributed by atoms with Gasteiger partial charge in [-0.1, -0.05) is 25.7 Å². The lowest BCUT2D eigenvalue weighted by Crippen LogP contribution is -2.51. The summed E-state index contributed by atoms with van der Waals surface area (Å²) in [6, 6.07) is 0.965. The maximum atomic E-state index is 12.6. The number of sulfonamides is 1. The largest absolute Gasteiger partial charge is 0.338 e. The SMILES string of the molecule is CCCCCC#CC(CS(=O)(=O)N1CCN(c2ncccn2)CC1)NO. The molecule has 0 bridgehead atoms. The van der Waals surface area contributed by atoms with Gasteiger partial charge in [-0.2, -0.15) is 9.79 Å². The van der Waals surface area contributed by atoms with Crippen LogP contribution in [0.1, 0.15) is 32.6 Å². The lowest BCUT2D eigenvalue weighted by molar-refractivity contribution is 0.153. The predicted molar refractivity (Wildman–Crippen MR) is 100 cm³/mol. The van der Waals surface area contributed by atoms with Gasteiger partial charge in [-0.3, -0.25) is 0 Å². The van der Waals surface area contributed by atoms with Crippen LogP contribution in [0.4, 0.5) is 5.95 Å². The number of anilines is 1. The van der Waals surface area contributed by atoms with Gasteiger partial charge in [0.05, 0.1) is 5.75 Å². The second-order valence-electron chi connectivity index (χ2n) is 6.17. The van der Waals surface area contributed by atoms with E-state index in [1.165, 1.54) is 4.31 Å². The number of rotatable bonds is 8. The third-order valence-corrected chi connectivity index (χ3v) is 6.09. The zero-order valence-corrected chi connectivity index (χ0v) is 16.0. The fourth-order valence-corrected chi connectivity index (χ4v) is 4.22. The molecular weight excluding hydrogens is 354 g/mol. The Morgan fingerprint density at radius 1 is 1.23 bits per heavy atom. The first kappa shape index (κ1) is 20.6. The molecule has 0 radical (unpaired) electrons. The molecular formula is C17H27N5O3S. The molecule has 1 fully saturated rings. The maximum absolute atomic E-state index is 12.6. The Labute approximate surface area is 155 Å². The third kappa shape index (κ3) is 6.21. The van der Waals surface area contributed by atoms with Crippen LogP contribution in [0.3, 0.4) is 0 Å². The molecule has 1 aromatic rings. The molecule has 0 aliphatic carbocycles. The summed E-state index contributed by atoms with van der Waals surface area (Å²) in [5.41, 5.74) is 2.01. The molecule has 1 unspecified atom stereocenters. The van der Waals surface area contributed by atoms with E-state index in [-0.39, 0.29) is 5.75 Å². The van der Waals surface area contributed by atoms with Crippen LogP contribution < -0.4 is 10.4 Å². The number of aromatic nitrogens is 2. The highest BCUT2D eigenvalue weighted by Crippen LogP contribution is 2.13. The van der Waals surface area contributed by atoms with E-state index in [0.29, 0.717) is 38.5 Å². The zero-order chi connectivity index (χ0) is 18.8. The van der Waals surface area contributed by atoms with Crippen molar-refractivity contribution in [2.45, 2.75) is 38.6 Å². The average Bonchev–Trinajstić information content (AvgIpc) is 2.67. The second-order valence-corrected chi connectivity index (χ2v) is 8.19. The van der Waals surface area contributed by atoms with E-state index < -0.39 is 16.1 Å². The standard InChI is InChI=1S/C17H27N5O3S/c1-2-3-4-5-6-8-16(20-23)15-26(24,25)22-13-11-21(12-14-22)17-18-9-7-10-19-17/h7,9-10,16,20,23H,2-5,11-15H2,1H3. The molecule has 0 amide bonds. The normalized spacial score (nSPS) is 16.8. The van der Waals surface area contributed by atoms with Gasteiger partial charge in [0, 0.05) is 45.0 Å². The van der Waals surface area contributed by atoms with E-state index in [1.807, 2.05) is 10.4 Å². The van der Waals surface area contributed by atoms with Crippen molar-refractivity contribution in [3.63, 3.8) is 0 Å². The van der Waals surface area contributed by atoms with Crippen molar-refractivity contribution in [3.8, 4) is 11.8 Å². The number of unbranched alkanes of at least 4 members (excludes halogenated alkanes) is 3. The first-order valence-electron chi connectivity index (χ1n) is 8.94. The van der Waals surface area contributed by atoms with Crippen molar-refractivity contribution in [1.82, 2.24) is 19.8 Å². The summed E-state index contributed by atoms with van der Waals surface area (Å²) in [4.78, 5) is 10.3. The number of piperazine rings is 1. The summed E-state index contributed by atoms with van der Waals surface area (Å²) < 4.78 is 26.6. The molecule has 2 heterocycles. The quantitative estimate of drug-likeness (QED) is 0.391. The van der Waals surface area contributed by atoms with Gasteiger partial charge in [-0.25, -0.2) is 18.4 Å². The van der Waals surface area contributed by atoms with Crippen molar-refractivity contribution in [2.24, 2.45) is 0 Å². The Bertz CT molecular complexity index is 694. The van der Waals surface area contributed by atoms with E-state index in [2.05, 4.69) is 28.7 Å². The average molecular weight is 382 g/mol. The molecule has 2 rings (SSSR count). The van der Waals surface area contributed by atoms with Crippen LogP contribution in [-0.4, -0.2) is 65.9 Å². The molecule has 9 heteroatoms. The number of nitrogens with one attached hydrogen (secondary N) is 1. The zero-order valence-electron chi connectivity index (χ0n) is 15.1. The Kier molecular flexibility index (Phi) is 8.25. The van der Waals surface area contributed by atoms with Gasteiger partial charge >= 0.3 is 0 Å². The molecule has 1 atom stereocenters. The Balaban J connectivity index is 1.87. The van der Waals surface area contributed by atoms with Crippen molar-refractivity contribution >= 4 is 16.0 Å². The Morgan fingerprint density at radius 3 is 2.54 bits per heavy atom. The molecule has 8 nitrogen and oxygen atoms in total. The molecule has 1 aromatic heterocycles. The molecule has 0 saturated carbocycles. The summed E-state index contributed by atoms with van der Waals surface area (Å²) in [5.74, 6) is 6.12. The van der Waals surface area contributed by atoms with Gasteiger partial charge in [0.1, 0.15) is 6.04 Å². The third-order valence-electron chi connectivity index (χ3n) is 4.18. The van der Waals surface area contributed by atoms with E-state index in [1.54, 1.807) is 18.5 Å². The second kappa shape index (κ2) is 10.4. The van der Waals surface area contributed by atoms with Crippen molar-refractivity contribution in [2.75, 3.05) is 36.8 Å². The van der Waals surface area contributed by atoms with Gasteiger partial charge in [-0.15, -0.1) is 5.92 Å². The van der Waals surface area contributed by atoms with Crippen LogP contribution in [0.25, 0.3) is 0 Å². The van der Waals surface area contributed by atoms with Crippen LogP contribution in [0.2, 0.25) is 0 Å². The van der Waals surface area contributed by atoms with E-state index in [0.717, 1.165) is 19.3 Å². The van der Waals surface area contributed by atoms with Crippen LogP contribution in [0.5, 0.6) is 0 Å². The van der Waals surface area contributed by atoms with E-state index in [4.69, 9.17) is 0 Å². The maximum Gasteiger partial charge on any atom is 0.225 e. The fourth-order valence-electron chi connectivity index (χ4n) is 2.71. The lowest BCUT2D eigenvalue weighted by atomic mass is 10.2. The van der Waals surface area contributed by atoms with Gasteiger partial charge < -0.3 is 10.1 Å². The van der Waals surface area contributed by atoms with Crippen molar-refractivity contribution < 1.29 is 13.6 Å². The highest BCUT2D eigenvalue weighted by Gasteiger charge is 2.29. The molecule has 1 aliphatic rings. The van der Waals surface area contributed by atoms with Gasteiger partial charge in [-0.05, 0) is 12.5 Å². The molecule has 144 valence electrons. The van der Waals surface area contributed by atoms with Crippen LogP contribution in [-0.2, 0) is 10.0 Å². The summed E-state index contributed by atoms with van der Waals surface area (Å²) >= 11 is 0. The number of hydrogen-bond donors (Lipinski definition) is 2. The highest BCUT2D eigenvalue weighted by atomic mass is 32.2. The molecule has 1 aliphatic heterocycles. The van der Waals surface area contributed by atoms with Crippen molar-refractivity contribution in [3.05, 3.63) is 18.5 Å². The molecule has 0 aromatic carbocycles. The fraction of sp³-hybridized carbons (Fsp3) is 0.647. The Morgan fingerprint density at radius 2 is 1.92 bits per heavy atom. The Hall–Kier alpha value is -1.73. The lowest BCUT2D eigenvalue weighted by Gasteiger charge is -2.34. The molecule has 0 spiro atoms. The summed E-state index contributed by atoms with van der Waals surface area (Å²) in [6.45, 7) is 3.90.